The van der Waals surface area contributed by atoms with Crippen molar-refractivity contribution in [1.29, 1.82) is 0 Å². The van der Waals surface area contributed by atoms with Gasteiger partial charge in [0, 0.05) is 12.1 Å². The van der Waals surface area contributed by atoms with E-state index < -0.39 is 0 Å². The van der Waals surface area contributed by atoms with E-state index in [1.807, 2.05) is 19.1 Å². The van der Waals surface area contributed by atoms with Gasteiger partial charge in [-0.15, -0.1) is 0 Å². The van der Waals surface area contributed by atoms with Gasteiger partial charge in [-0.05, 0) is 30.2 Å². The smallest absolute Gasteiger partial charge is 0.258 e. The van der Waals surface area contributed by atoms with Crippen LogP contribution in [0.1, 0.15) is 33.3 Å². The molecule has 0 spiro atoms. The van der Waals surface area contributed by atoms with Crippen molar-refractivity contribution in [2.45, 2.75) is 34.1 Å². The average molecular weight is 247 g/mol. The average Bonchev–Trinajstić information content (AvgIpc) is 2.24. The summed E-state index contributed by atoms with van der Waals surface area (Å²) >= 11 is 0. The predicted octanol–water partition coefficient (Wildman–Crippen LogP) is 4.38. The molecule has 1 atom stereocenters. The largest absolute Gasteiger partial charge is 0.269 e. The van der Waals surface area contributed by atoms with Crippen LogP contribution >= 0.6 is 0 Å². The summed E-state index contributed by atoms with van der Waals surface area (Å²) in [6, 6.07) is 6.79. The van der Waals surface area contributed by atoms with E-state index in [9.17, 15) is 10.1 Å². The van der Waals surface area contributed by atoms with Gasteiger partial charge in [0.25, 0.3) is 5.69 Å². The van der Waals surface area contributed by atoms with Gasteiger partial charge in [-0.25, -0.2) is 0 Å². The molecule has 1 aromatic carbocycles. The van der Waals surface area contributed by atoms with Gasteiger partial charge in [0.15, 0.2) is 0 Å². The van der Waals surface area contributed by atoms with Gasteiger partial charge in [-0.3, -0.25) is 10.1 Å². The monoisotopic (exact) mass is 247 g/mol. The Hall–Kier alpha value is -1.64. The fourth-order valence-electron chi connectivity index (χ4n) is 2.21. The molecule has 0 heterocycles. The van der Waals surface area contributed by atoms with E-state index in [-0.39, 0.29) is 16.0 Å². The molecule has 0 amide bonds. The van der Waals surface area contributed by atoms with Crippen LogP contribution in [0.15, 0.2) is 36.4 Å². The molecular formula is C15H21NO2. The quantitative estimate of drug-likeness (QED) is 0.450. The van der Waals surface area contributed by atoms with E-state index in [1.54, 1.807) is 12.1 Å². The highest BCUT2D eigenvalue weighted by atomic mass is 16.6. The molecule has 0 aliphatic heterocycles. The van der Waals surface area contributed by atoms with Crippen molar-refractivity contribution in [2.75, 3.05) is 0 Å². The van der Waals surface area contributed by atoms with Gasteiger partial charge in [-0.2, -0.15) is 0 Å². The van der Waals surface area contributed by atoms with Crippen LogP contribution in [0.4, 0.5) is 5.69 Å². The number of hydrogen-bond acceptors (Lipinski definition) is 2. The summed E-state index contributed by atoms with van der Waals surface area (Å²) in [4.78, 5) is 10.2. The Bertz CT molecular complexity index is 441. The molecule has 1 aromatic rings. The van der Waals surface area contributed by atoms with Crippen LogP contribution in [-0.2, 0) is 6.42 Å². The zero-order valence-electron chi connectivity index (χ0n) is 11.6. The van der Waals surface area contributed by atoms with E-state index in [4.69, 9.17) is 0 Å². The first kappa shape index (κ1) is 14.4. The first-order valence-electron chi connectivity index (χ1n) is 6.10. The zero-order chi connectivity index (χ0) is 13.9. The lowest BCUT2D eigenvalue weighted by Gasteiger charge is -2.31. The molecule has 3 heteroatoms. The Morgan fingerprint density at radius 3 is 2.17 bits per heavy atom. The van der Waals surface area contributed by atoms with Crippen molar-refractivity contribution in [3.8, 4) is 0 Å². The number of hydrogen-bond donors (Lipinski definition) is 0. The van der Waals surface area contributed by atoms with Crippen LogP contribution in [0.3, 0.4) is 0 Å². The normalized spacial score (nSPS) is 13.1. The van der Waals surface area contributed by atoms with Gasteiger partial charge in [0.05, 0.1) is 4.92 Å². The highest BCUT2D eigenvalue weighted by Crippen LogP contribution is 2.34. The third-order valence-electron chi connectivity index (χ3n) is 3.23. The molecule has 3 nitrogen and oxygen atoms in total. The SMILES string of the molecule is C=C(C)C(Cc1ccc([N+](=O)[O-])cc1)C(C)(C)C. The summed E-state index contributed by atoms with van der Waals surface area (Å²) in [5, 5.41) is 10.6. The summed E-state index contributed by atoms with van der Waals surface area (Å²) in [5.41, 5.74) is 2.55. The number of allylic oxidation sites excluding steroid dienone is 1. The number of non-ortho nitro benzene ring substituents is 1. The summed E-state index contributed by atoms with van der Waals surface area (Å²) in [6.07, 6.45) is 0.872. The topological polar surface area (TPSA) is 43.1 Å². The van der Waals surface area contributed by atoms with Gasteiger partial charge in [-0.1, -0.05) is 45.1 Å². The van der Waals surface area contributed by atoms with Crippen LogP contribution in [0, 0.1) is 21.4 Å². The van der Waals surface area contributed by atoms with Crippen molar-refractivity contribution in [1.82, 2.24) is 0 Å². The third kappa shape index (κ3) is 3.69. The molecule has 0 bridgehead atoms. The molecular weight excluding hydrogens is 226 g/mol. The van der Waals surface area contributed by atoms with Gasteiger partial charge in [0.1, 0.15) is 0 Å². The molecule has 0 aliphatic carbocycles. The second-order valence-electron chi connectivity index (χ2n) is 5.89. The van der Waals surface area contributed by atoms with Crippen LogP contribution in [0.25, 0.3) is 0 Å². The lowest BCUT2D eigenvalue weighted by molar-refractivity contribution is -0.384. The van der Waals surface area contributed by atoms with E-state index in [0.29, 0.717) is 5.92 Å². The standard InChI is InChI=1S/C15H21NO2/c1-11(2)14(15(3,4)5)10-12-6-8-13(9-7-12)16(17)18/h6-9,14H,1,10H2,2-5H3. The number of rotatable bonds is 4. The van der Waals surface area contributed by atoms with E-state index in [1.165, 1.54) is 0 Å². The Morgan fingerprint density at radius 2 is 1.83 bits per heavy atom. The number of nitrogens with zero attached hydrogens (tertiary/aromatic N) is 1. The minimum absolute atomic E-state index is 0.140. The van der Waals surface area contributed by atoms with Gasteiger partial charge < -0.3 is 0 Å². The second-order valence-corrected chi connectivity index (χ2v) is 5.89. The molecule has 0 saturated heterocycles. The summed E-state index contributed by atoms with van der Waals surface area (Å²) in [5.74, 6) is 0.374. The maximum atomic E-state index is 10.6. The summed E-state index contributed by atoms with van der Waals surface area (Å²) < 4.78 is 0. The Morgan fingerprint density at radius 1 is 1.33 bits per heavy atom. The fourth-order valence-corrected chi connectivity index (χ4v) is 2.21. The predicted molar refractivity (Wildman–Crippen MR) is 74.6 cm³/mol. The first-order chi connectivity index (χ1) is 8.21. The van der Waals surface area contributed by atoms with Crippen molar-refractivity contribution < 1.29 is 4.92 Å². The number of nitro groups is 1. The zero-order valence-corrected chi connectivity index (χ0v) is 11.6. The van der Waals surface area contributed by atoms with E-state index >= 15 is 0 Å². The van der Waals surface area contributed by atoms with Crippen molar-refractivity contribution in [2.24, 2.45) is 11.3 Å². The van der Waals surface area contributed by atoms with Crippen LogP contribution in [0.2, 0.25) is 0 Å². The fraction of sp³-hybridized carbons (Fsp3) is 0.467. The van der Waals surface area contributed by atoms with E-state index in [0.717, 1.165) is 17.6 Å². The molecule has 1 unspecified atom stereocenters. The van der Waals surface area contributed by atoms with Crippen molar-refractivity contribution in [3.05, 3.63) is 52.1 Å². The Labute approximate surface area is 109 Å². The molecule has 0 aromatic heterocycles. The molecule has 0 fully saturated rings. The number of nitro benzene ring substituents is 1. The van der Waals surface area contributed by atoms with Crippen LogP contribution < -0.4 is 0 Å². The summed E-state index contributed by atoms with van der Waals surface area (Å²) in [6.45, 7) is 12.7. The van der Waals surface area contributed by atoms with Crippen molar-refractivity contribution in [3.63, 3.8) is 0 Å². The Balaban J connectivity index is 2.89. The maximum Gasteiger partial charge on any atom is 0.269 e. The van der Waals surface area contributed by atoms with Crippen LogP contribution in [0.5, 0.6) is 0 Å². The lowest BCUT2D eigenvalue weighted by atomic mass is 9.74. The third-order valence-corrected chi connectivity index (χ3v) is 3.23. The molecule has 0 radical (unpaired) electrons. The van der Waals surface area contributed by atoms with Crippen LogP contribution in [-0.4, -0.2) is 4.92 Å². The van der Waals surface area contributed by atoms with Gasteiger partial charge >= 0.3 is 0 Å². The minimum Gasteiger partial charge on any atom is -0.258 e. The highest BCUT2D eigenvalue weighted by Gasteiger charge is 2.25. The van der Waals surface area contributed by atoms with E-state index in [2.05, 4.69) is 27.4 Å². The number of benzene rings is 1. The molecule has 0 N–H and O–H groups in total. The summed E-state index contributed by atoms with van der Waals surface area (Å²) in [7, 11) is 0. The first-order valence-corrected chi connectivity index (χ1v) is 6.10. The maximum absolute atomic E-state index is 10.6. The molecule has 1 rings (SSSR count). The minimum atomic E-state index is -0.371. The molecule has 0 saturated carbocycles. The molecule has 0 aliphatic rings. The lowest BCUT2D eigenvalue weighted by Crippen LogP contribution is -2.23. The highest BCUT2D eigenvalue weighted by molar-refractivity contribution is 5.33. The second kappa shape index (κ2) is 5.34. The van der Waals surface area contributed by atoms with Crippen molar-refractivity contribution >= 4 is 5.69 Å². The van der Waals surface area contributed by atoms with Gasteiger partial charge in [0.2, 0.25) is 0 Å². The molecule has 18 heavy (non-hydrogen) atoms. The Kier molecular flexibility index (Phi) is 4.28. The molecule has 98 valence electrons.